The smallest absolute Gasteiger partial charge is 0.299 e. The lowest BCUT2D eigenvalue weighted by Crippen LogP contribution is -2.33. The molecule has 1 rings (SSSR count). The predicted molar refractivity (Wildman–Crippen MR) is 76.5 cm³/mol. The number of ketones is 1. The second-order valence-electron chi connectivity index (χ2n) is 5.71. The van der Waals surface area contributed by atoms with Crippen LogP contribution in [0, 0.1) is 5.41 Å². The second kappa shape index (κ2) is 6.72. The monoisotopic (exact) mass is 314 g/mol. The minimum atomic E-state index is -4.79. The third kappa shape index (κ3) is 5.31. The van der Waals surface area contributed by atoms with Crippen molar-refractivity contribution in [3.63, 3.8) is 0 Å². The van der Waals surface area contributed by atoms with Crippen molar-refractivity contribution in [2.24, 2.45) is 10.5 Å². The van der Waals surface area contributed by atoms with Crippen LogP contribution in [-0.2, 0) is 4.79 Å². The summed E-state index contributed by atoms with van der Waals surface area (Å²) < 4.78 is 38.7. The molecule has 0 spiro atoms. The Balaban J connectivity index is 2.89. The van der Waals surface area contributed by atoms with E-state index >= 15 is 0 Å². The minimum absolute atomic E-state index is 0.176. The van der Waals surface area contributed by atoms with Crippen LogP contribution >= 0.6 is 0 Å². The summed E-state index contributed by atoms with van der Waals surface area (Å²) in [5.74, 6) is -1.39. The van der Waals surface area contributed by atoms with E-state index in [0.29, 0.717) is 0 Å². The van der Waals surface area contributed by atoms with E-state index < -0.39 is 35.4 Å². The van der Waals surface area contributed by atoms with Gasteiger partial charge in [-0.1, -0.05) is 39.0 Å². The van der Waals surface area contributed by atoms with Gasteiger partial charge in [-0.2, -0.15) is 18.3 Å². The molecule has 1 aromatic carbocycles. The third-order valence-corrected chi connectivity index (χ3v) is 2.82. The zero-order valence-electron chi connectivity index (χ0n) is 12.5. The molecular weight excluding hydrogens is 297 g/mol. The van der Waals surface area contributed by atoms with Crippen molar-refractivity contribution in [1.29, 1.82) is 0 Å². The number of rotatable bonds is 4. The quantitative estimate of drug-likeness (QED) is 0.684. The van der Waals surface area contributed by atoms with E-state index in [0.717, 1.165) is 0 Å². The molecule has 7 heteroatoms. The van der Waals surface area contributed by atoms with Crippen LogP contribution in [-0.4, -0.2) is 23.6 Å². The first-order chi connectivity index (χ1) is 10.0. The van der Waals surface area contributed by atoms with Gasteiger partial charge in [-0.15, -0.1) is 0 Å². The highest BCUT2D eigenvalue weighted by molar-refractivity contribution is 6.07. The van der Waals surface area contributed by atoms with Crippen LogP contribution in [0.5, 0.6) is 0 Å². The lowest BCUT2D eigenvalue weighted by atomic mass is 9.88. The average Bonchev–Trinajstić information content (AvgIpc) is 2.41. The molecule has 120 valence electrons. The van der Waals surface area contributed by atoms with E-state index in [1.165, 1.54) is 32.9 Å². The number of nitrogens with zero attached hydrogens (tertiary/aromatic N) is 1. The van der Waals surface area contributed by atoms with Gasteiger partial charge in [-0.25, -0.2) is 5.43 Å². The second-order valence-corrected chi connectivity index (χ2v) is 5.71. The Kier molecular flexibility index (Phi) is 5.46. The van der Waals surface area contributed by atoms with Gasteiger partial charge in [0, 0.05) is 11.0 Å². The summed E-state index contributed by atoms with van der Waals surface area (Å²) in [6, 6.07) is 7.71. The summed E-state index contributed by atoms with van der Waals surface area (Å²) in [5, 5.41) is 3.10. The molecule has 0 saturated carbocycles. The Morgan fingerprint density at radius 1 is 1.09 bits per heavy atom. The zero-order valence-corrected chi connectivity index (χ0v) is 12.5. The Morgan fingerprint density at radius 3 is 2.09 bits per heavy atom. The summed E-state index contributed by atoms with van der Waals surface area (Å²) >= 11 is 0. The highest BCUT2D eigenvalue weighted by Gasteiger charge is 2.39. The Morgan fingerprint density at radius 2 is 1.64 bits per heavy atom. The number of amides is 1. The number of carbonyl (C=O) groups is 2. The third-order valence-electron chi connectivity index (χ3n) is 2.82. The van der Waals surface area contributed by atoms with Crippen LogP contribution in [0.15, 0.2) is 35.4 Å². The van der Waals surface area contributed by atoms with Crippen molar-refractivity contribution in [2.45, 2.75) is 33.4 Å². The number of halogens is 3. The molecule has 0 aliphatic heterocycles. The summed E-state index contributed by atoms with van der Waals surface area (Å²) in [7, 11) is 0. The van der Waals surface area contributed by atoms with Crippen LogP contribution in [0.4, 0.5) is 13.2 Å². The maximum atomic E-state index is 12.9. The molecule has 1 N–H and O–H groups in total. The molecule has 0 saturated heterocycles. The van der Waals surface area contributed by atoms with Gasteiger partial charge in [0.05, 0.1) is 6.42 Å². The first-order valence-corrected chi connectivity index (χ1v) is 6.54. The van der Waals surface area contributed by atoms with E-state index in [1.807, 2.05) is 5.43 Å². The van der Waals surface area contributed by atoms with Gasteiger partial charge in [0.25, 0.3) is 5.91 Å². The maximum absolute atomic E-state index is 12.9. The van der Waals surface area contributed by atoms with Gasteiger partial charge < -0.3 is 0 Å². The van der Waals surface area contributed by atoms with E-state index in [-0.39, 0.29) is 5.56 Å². The van der Waals surface area contributed by atoms with E-state index in [2.05, 4.69) is 5.10 Å². The maximum Gasteiger partial charge on any atom is 0.431 e. The van der Waals surface area contributed by atoms with Crippen LogP contribution in [0.2, 0.25) is 0 Å². The molecule has 4 nitrogen and oxygen atoms in total. The van der Waals surface area contributed by atoms with Crippen molar-refractivity contribution in [3.05, 3.63) is 35.9 Å². The average molecular weight is 314 g/mol. The normalized spacial score (nSPS) is 12.9. The first kappa shape index (κ1) is 17.9. The van der Waals surface area contributed by atoms with Crippen molar-refractivity contribution < 1.29 is 22.8 Å². The topological polar surface area (TPSA) is 58.5 Å². The zero-order chi connectivity index (χ0) is 17.0. The SMILES string of the molecule is CC(C)(C)C(=O)C/C(=N/NC(=O)c1ccccc1)C(F)(F)F. The fourth-order valence-corrected chi connectivity index (χ4v) is 1.39. The molecule has 0 aliphatic carbocycles. The summed E-state index contributed by atoms with van der Waals surface area (Å²) in [6.45, 7) is 4.56. The number of carbonyl (C=O) groups excluding carboxylic acids is 2. The lowest BCUT2D eigenvalue weighted by molar-refractivity contribution is -0.126. The first-order valence-electron chi connectivity index (χ1n) is 6.54. The molecule has 0 radical (unpaired) electrons. The number of Topliss-reactive ketones (excluding diaryl/α,β-unsaturated/α-hetero) is 1. The van der Waals surface area contributed by atoms with Crippen molar-refractivity contribution >= 4 is 17.4 Å². The number of hydrogen-bond donors (Lipinski definition) is 1. The van der Waals surface area contributed by atoms with Crippen molar-refractivity contribution in [3.8, 4) is 0 Å². The fourth-order valence-electron chi connectivity index (χ4n) is 1.39. The molecule has 0 unspecified atom stereocenters. The van der Waals surface area contributed by atoms with Gasteiger partial charge in [-0.05, 0) is 12.1 Å². The van der Waals surface area contributed by atoms with E-state index in [4.69, 9.17) is 0 Å². The molecule has 1 amide bonds. The molecule has 0 atom stereocenters. The molecular formula is C15H17F3N2O2. The minimum Gasteiger partial charge on any atom is -0.299 e. The van der Waals surface area contributed by atoms with Crippen molar-refractivity contribution in [1.82, 2.24) is 5.43 Å². The number of nitrogens with one attached hydrogen (secondary N) is 1. The molecule has 1 aromatic rings. The van der Waals surface area contributed by atoms with Crippen molar-refractivity contribution in [2.75, 3.05) is 0 Å². The van der Waals surface area contributed by atoms with Crippen LogP contribution in [0.1, 0.15) is 37.6 Å². The molecule has 0 aromatic heterocycles. The predicted octanol–water partition coefficient (Wildman–Crippen LogP) is 3.34. The van der Waals surface area contributed by atoms with Gasteiger partial charge >= 0.3 is 6.18 Å². The number of hydrazone groups is 1. The largest absolute Gasteiger partial charge is 0.431 e. The number of benzene rings is 1. The van der Waals surface area contributed by atoms with Crippen LogP contribution in [0.25, 0.3) is 0 Å². The summed E-state index contributed by atoms with van der Waals surface area (Å²) in [4.78, 5) is 23.4. The lowest BCUT2D eigenvalue weighted by Gasteiger charge is -2.18. The van der Waals surface area contributed by atoms with Gasteiger partial charge in [0.15, 0.2) is 0 Å². The fraction of sp³-hybridized carbons (Fsp3) is 0.400. The molecule has 0 fully saturated rings. The highest BCUT2D eigenvalue weighted by Crippen LogP contribution is 2.24. The van der Waals surface area contributed by atoms with E-state index in [9.17, 15) is 22.8 Å². The standard InChI is InChI=1S/C15H17F3N2O2/c1-14(2,3)12(21)9-11(15(16,17)18)19-20-13(22)10-7-5-4-6-8-10/h4-8H,9H2,1-3H3,(H,20,22)/b19-11-. The highest BCUT2D eigenvalue weighted by atomic mass is 19.4. The number of alkyl halides is 3. The number of hydrogen-bond acceptors (Lipinski definition) is 3. The molecule has 0 bridgehead atoms. The Labute approximate surface area is 126 Å². The van der Waals surface area contributed by atoms with Gasteiger partial charge in [0.2, 0.25) is 0 Å². The van der Waals surface area contributed by atoms with Crippen LogP contribution in [0.3, 0.4) is 0 Å². The van der Waals surface area contributed by atoms with Crippen LogP contribution < -0.4 is 5.43 Å². The molecule has 0 aliphatic rings. The summed E-state index contributed by atoms with van der Waals surface area (Å²) in [5.41, 5.74) is -0.229. The summed E-state index contributed by atoms with van der Waals surface area (Å²) in [6.07, 6.45) is -5.67. The van der Waals surface area contributed by atoms with E-state index in [1.54, 1.807) is 18.2 Å². The van der Waals surface area contributed by atoms with Gasteiger partial charge in [0.1, 0.15) is 11.5 Å². The molecule has 0 heterocycles. The Hall–Kier alpha value is -2.18. The Bertz CT molecular complexity index is 573. The van der Waals surface area contributed by atoms with Gasteiger partial charge in [-0.3, -0.25) is 9.59 Å². The molecule has 22 heavy (non-hydrogen) atoms.